The van der Waals surface area contributed by atoms with Crippen molar-refractivity contribution < 1.29 is 4.79 Å². The summed E-state index contributed by atoms with van der Waals surface area (Å²) in [4.78, 5) is 18.6. The van der Waals surface area contributed by atoms with Crippen molar-refractivity contribution >= 4 is 11.6 Å². The molecule has 19 heavy (non-hydrogen) atoms. The average molecular weight is 262 g/mol. The van der Waals surface area contributed by atoms with Gasteiger partial charge in [-0.3, -0.25) is 4.79 Å². The van der Waals surface area contributed by atoms with Crippen LogP contribution in [0.3, 0.4) is 0 Å². The van der Waals surface area contributed by atoms with Crippen LogP contribution in [0.4, 0.5) is 5.69 Å². The molecule has 5 heteroatoms. The van der Waals surface area contributed by atoms with Crippen LogP contribution in [0.25, 0.3) is 0 Å². The molecule has 5 nitrogen and oxygen atoms in total. The van der Waals surface area contributed by atoms with Crippen LogP contribution in [0, 0.1) is 5.92 Å². The topological polar surface area (TPSA) is 57.3 Å². The predicted molar refractivity (Wildman–Crippen MR) is 76.3 cm³/mol. The molecule has 2 rings (SSSR count). The summed E-state index contributed by atoms with van der Waals surface area (Å²) in [7, 11) is 3.95. The Balaban J connectivity index is 1.96. The third-order valence-electron chi connectivity index (χ3n) is 3.71. The van der Waals surface area contributed by atoms with Crippen LogP contribution in [-0.2, 0) is 0 Å². The predicted octanol–water partition coefficient (Wildman–Crippen LogP) is 1.19. The Kier molecular flexibility index (Phi) is 4.37. The fourth-order valence-corrected chi connectivity index (χ4v) is 2.49. The summed E-state index contributed by atoms with van der Waals surface area (Å²) in [6.45, 7) is 4.23. The molecule has 1 aromatic heterocycles. The van der Waals surface area contributed by atoms with Gasteiger partial charge in [0.05, 0.1) is 11.9 Å². The minimum absolute atomic E-state index is 0.0796. The molecule has 2 N–H and O–H groups in total. The zero-order valence-corrected chi connectivity index (χ0v) is 11.8. The Labute approximate surface area is 114 Å². The van der Waals surface area contributed by atoms with E-state index in [4.69, 9.17) is 0 Å². The number of carbonyl (C=O) groups is 1. The number of aromatic nitrogens is 1. The number of piperidine rings is 1. The van der Waals surface area contributed by atoms with Gasteiger partial charge in [-0.2, -0.15) is 0 Å². The molecular weight excluding hydrogens is 240 g/mol. The van der Waals surface area contributed by atoms with E-state index in [2.05, 4.69) is 34.5 Å². The monoisotopic (exact) mass is 262 g/mol. The van der Waals surface area contributed by atoms with Crippen molar-refractivity contribution in [1.29, 1.82) is 0 Å². The van der Waals surface area contributed by atoms with E-state index >= 15 is 0 Å². The summed E-state index contributed by atoms with van der Waals surface area (Å²) >= 11 is 0. The lowest BCUT2D eigenvalue weighted by molar-refractivity contribution is 0.0879. The van der Waals surface area contributed by atoms with E-state index in [9.17, 15) is 4.79 Å². The van der Waals surface area contributed by atoms with E-state index in [1.807, 2.05) is 13.1 Å². The van der Waals surface area contributed by atoms with Gasteiger partial charge in [-0.05, 0) is 38.1 Å². The summed E-state index contributed by atoms with van der Waals surface area (Å²) < 4.78 is 0. The zero-order valence-electron chi connectivity index (χ0n) is 11.8. The number of amides is 1. The molecule has 1 aliphatic rings. The molecular formula is C14H22N4O. The third kappa shape index (κ3) is 3.44. The summed E-state index contributed by atoms with van der Waals surface area (Å²) in [5, 5.41) is 6.08. The van der Waals surface area contributed by atoms with Gasteiger partial charge < -0.3 is 15.5 Å². The van der Waals surface area contributed by atoms with Gasteiger partial charge in [0, 0.05) is 19.6 Å². The van der Waals surface area contributed by atoms with Crippen LogP contribution in [-0.4, -0.2) is 49.0 Å². The van der Waals surface area contributed by atoms with Gasteiger partial charge in [-0.25, -0.2) is 4.98 Å². The second kappa shape index (κ2) is 6.02. The van der Waals surface area contributed by atoms with Crippen molar-refractivity contribution in [2.24, 2.45) is 5.92 Å². The lowest BCUT2D eigenvalue weighted by Crippen LogP contribution is -2.49. The number of hydrogen-bond donors (Lipinski definition) is 2. The van der Waals surface area contributed by atoms with Gasteiger partial charge in [0.15, 0.2) is 0 Å². The number of nitrogens with zero attached hydrogens (tertiary/aromatic N) is 2. The maximum atomic E-state index is 12.1. The highest BCUT2D eigenvalue weighted by Gasteiger charge is 2.25. The highest BCUT2D eigenvalue weighted by Crippen LogP contribution is 2.16. The van der Waals surface area contributed by atoms with Crippen molar-refractivity contribution in [1.82, 2.24) is 15.2 Å². The molecule has 1 aromatic rings. The van der Waals surface area contributed by atoms with Crippen LogP contribution < -0.4 is 10.6 Å². The minimum Gasteiger partial charge on any atom is -0.387 e. The Morgan fingerprint density at radius 1 is 1.47 bits per heavy atom. The molecule has 0 saturated carbocycles. The Morgan fingerprint density at radius 3 is 2.84 bits per heavy atom. The molecule has 0 aromatic carbocycles. The highest BCUT2D eigenvalue weighted by atomic mass is 16.1. The van der Waals surface area contributed by atoms with Crippen molar-refractivity contribution in [2.45, 2.75) is 19.4 Å². The van der Waals surface area contributed by atoms with E-state index < -0.39 is 0 Å². The maximum Gasteiger partial charge on any atom is 0.270 e. The van der Waals surface area contributed by atoms with Crippen LogP contribution in [0.1, 0.15) is 23.8 Å². The van der Waals surface area contributed by atoms with E-state index in [1.54, 1.807) is 12.3 Å². The first-order valence-corrected chi connectivity index (χ1v) is 6.73. The number of nitrogens with one attached hydrogen (secondary N) is 2. The Bertz CT molecular complexity index is 432. The van der Waals surface area contributed by atoms with Crippen molar-refractivity contribution in [3.05, 3.63) is 24.0 Å². The fraction of sp³-hybridized carbons (Fsp3) is 0.571. The van der Waals surface area contributed by atoms with Gasteiger partial charge in [-0.15, -0.1) is 0 Å². The molecule has 0 spiro atoms. The van der Waals surface area contributed by atoms with Crippen LogP contribution in [0.2, 0.25) is 0 Å². The molecule has 2 atom stereocenters. The number of hydrogen-bond acceptors (Lipinski definition) is 4. The fourth-order valence-electron chi connectivity index (χ4n) is 2.49. The third-order valence-corrected chi connectivity index (χ3v) is 3.71. The summed E-state index contributed by atoms with van der Waals surface area (Å²) in [5.74, 6) is 0.392. The lowest BCUT2D eigenvalue weighted by atomic mass is 9.94. The summed E-state index contributed by atoms with van der Waals surface area (Å²) in [6, 6.07) is 3.86. The lowest BCUT2D eigenvalue weighted by Gasteiger charge is -2.35. The first-order chi connectivity index (χ1) is 9.10. The number of pyridine rings is 1. The largest absolute Gasteiger partial charge is 0.387 e. The van der Waals surface area contributed by atoms with Gasteiger partial charge in [0.2, 0.25) is 0 Å². The zero-order chi connectivity index (χ0) is 13.8. The maximum absolute atomic E-state index is 12.1. The first kappa shape index (κ1) is 13.8. The molecule has 0 radical (unpaired) electrons. The Hall–Kier alpha value is -1.62. The number of rotatable bonds is 3. The van der Waals surface area contributed by atoms with Crippen molar-refractivity contribution in [2.75, 3.05) is 32.5 Å². The quantitative estimate of drug-likeness (QED) is 0.859. The Morgan fingerprint density at radius 2 is 2.26 bits per heavy atom. The van der Waals surface area contributed by atoms with Gasteiger partial charge in [0.25, 0.3) is 5.91 Å². The number of likely N-dealkylation sites (tertiary alicyclic amines) is 1. The summed E-state index contributed by atoms with van der Waals surface area (Å²) in [5.41, 5.74) is 1.38. The highest BCUT2D eigenvalue weighted by molar-refractivity contribution is 5.92. The minimum atomic E-state index is -0.0796. The molecule has 1 fully saturated rings. The first-order valence-electron chi connectivity index (χ1n) is 6.73. The molecule has 0 aliphatic carbocycles. The van der Waals surface area contributed by atoms with E-state index in [1.165, 1.54) is 0 Å². The molecule has 0 bridgehead atoms. The standard InChI is InChI=1S/C14H22N4O/c1-10-9-18(3)7-6-12(10)17-14(19)13-5-4-11(15-2)8-16-13/h4-5,8,10,12,15H,6-7,9H2,1-3H3,(H,17,19). The molecule has 1 amide bonds. The van der Waals surface area contributed by atoms with Crippen LogP contribution in [0.15, 0.2) is 18.3 Å². The molecule has 2 unspecified atom stereocenters. The van der Waals surface area contributed by atoms with Crippen LogP contribution >= 0.6 is 0 Å². The molecule has 104 valence electrons. The van der Waals surface area contributed by atoms with Gasteiger partial charge >= 0.3 is 0 Å². The van der Waals surface area contributed by atoms with E-state index in [0.29, 0.717) is 11.6 Å². The number of carbonyl (C=O) groups excluding carboxylic acids is 1. The normalized spacial score (nSPS) is 23.9. The van der Waals surface area contributed by atoms with E-state index in [-0.39, 0.29) is 11.9 Å². The molecule has 1 saturated heterocycles. The van der Waals surface area contributed by atoms with Gasteiger partial charge in [0.1, 0.15) is 5.69 Å². The summed E-state index contributed by atoms with van der Waals surface area (Å²) in [6.07, 6.45) is 2.67. The van der Waals surface area contributed by atoms with Gasteiger partial charge in [-0.1, -0.05) is 6.92 Å². The average Bonchev–Trinajstić information content (AvgIpc) is 2.42. The van der Waals surface area contributed by atoms with E-state index in [0.717, 1.165) is 25.2 Å². The smallest absolute Gasteiger partial charge is 0.270 e. The van der Waals surface area contributed by atoms with Crippen molar-refractivity contribution in [3.63, 3.8) is 0 Å². The SMILES string of the molecule is CNc1ccc(C(=O)NC2CCN(C)CC2C)nc1. The second-order valence-electron chi connectivity index (χ2n) is 5.29. The number of anilines is 1. The van der Waals surface area contributed by atoms with Crippen molar-refractivity contribution in [3.8, 4) is 0 Å². The molecule has 2 heterocycles. The second-order valence-corrected chi connectivity index (χ2v) is 5.29. The van der Waals surface area contributed by atoms with Crippen LogP contribution in [0.5, 0.6) is 0 Å². The molecule has 1 aliphatic heterocycles.